The van der Waals surface area contributed by atoms with E-state index >= 15 is 0 Å². The molecule has 0 spiro atoms. The summed E-state index contributed by atoms with van der Waals surface area (Å²) in [5.41, 5.74) is 0.233. The molecule has 0 bridgehead atoms. The van der Waals surface area contributed by atoms with Crippen LogP contribution in [0.3, 0.4) is 0 Å². The second-order valence-electron chi connectivity index (χ2n) is 8.87. The molecule has 2 aromatic rings. The predicted octanol–water partition coefficient (Wildman–Crippen LogP) is 3.42. The van der Waals surface area contributed by atoms with E-state index in [0.717, 1.165) is 11.6 Å². The van der Waals surface area contributed by atoms with Crippen LogP contribution in [0, 0.1) is 5.82 Å². The molecule has 1 saturated heterocycles. The Bertz CT molecular complexity index is 1060. The Labute approximate surface area is 180 Å². The van der Waals surface area contributed by atoms with Gasteiger partial charge in [0.15, 0.2) is 0 Å². The quantitative estimate of drug-likeness (QED) is 0.786. The van der Waals surface area contributed by atoms with Gasteiger partial charge in [-0.15, -0.1) is 0 Å². The van der Waals surface area contributed by atoms with Gasteiger partial charge in [-0.05, 0) is 52.2 Å². The number of hydrogen-bond acceptors (Lipinski definition) is 5. The molecule has 31 heavy (non-hydrogen) atoms. The van der Waals surface area contributed by atoms with Gasteiger partial charge in [-0.3, -0.25) is 4.79 Å². The van der Waals surface area contributed by atoms with Gasteiger partial charge in [0.05, 0.1) is 11.1 Å². The molecule has 0 aromatic heterocycles. The van der Waals surface area contributed by atoms with Crippen molar-refractivity contribution in [1.29, 1.82) is 0 Å². The number of benzene rings is 2. The number of likely N-dealkylation sites (N-methyl/N-ethyl adjacent to an activating group) is 1. The van der Waals surface area contributed by atoms with Crippen LogP contribution in [0.25, 0.3) is 0 Å². The summed E-state index contributed by atoms with van der Waals surface area (Å²) in [6.45, 7) is 4.92. The van der Waals surface area contributed by atoms with Gasteiger partial charge in [0.2, 0.25) is 0 Å². The molecule has 0 aliphatic carbocycles. The third kappa shape index (κ3) is 4.07. The number of carbonyl (C=O) groups excluding carboxylic acids is 1. The number of rotatable bonds is 5. The lowest BCUT2D eigenvalue weighted by atomic mass is 10.00. The first-order valence-corrected chi connectivity index (χ1v) is 10.1. The molecular weight excluding hydrogens is 403 g/mol. The number of fused-ring (bicyclic) bond motifs is 1. The van der Waals surface area contributed by atoms with Crippen LogP contribution in [0.1, 0.15) is 40.1 Å². The van der Waals surface area contributed by atoms with Crippen molar-refractivity contribution in [1.82, 2.24) is 9.80 Å². The van der Waals surface area contributed by atoms with Crippen LogP contribution < -0.4 is 9.47 Å². The van der Waals surface area contributed by atoms with Gasteiger partial charge in [-0.25, -0.2) is 9.18 Å². The molecule has 0 radical (unpaired) electrons. The minimum absolute atomic E-state index is 0.0152. The summed E-state index contributed by atoms with van der Waals surface area (Å²) in [5.74, 6) is -1.22. The third-order valence-electron chi connectivity index (χ3n) is 5.68. The minimum atomic E-state index is -1.11. The van der Waals surface area contributed by atoms with Gasteiger partial charge in [-0.1, -0.05) is 0 Å². The molecule has 1 fully saturated rings. The van der Waals surface area contributed by atoms with Crippen LogP contribution in [0.15, 0.2) is 30.3 Å². The lowest BCUT2D eigenvalue weighted by Crippen LogP contribution is -2.59. The number of aromatic carboxylic acids is 1. The molecular formula is C23H25FN2O5. The van der Waals surface area contributed by atoms with Crippen LogP contribution in [-0.2, 0) is 6.42 Å². The normalized spacial score (nSPS) is 17.2. The molecule has 0 saturated carbocycles. The fourth-order valence-electron chi connectivity index (χ4n) is 3.84. The van der Waals surface area contributed by atoms with E-state index in [9.17, 15) is 19.1 Å². The largest absolute Gasteiger partial charge is 0.487 e. The van der Waals surface area contributed by atoms with E-state index in [0.29, 0.717) is 31.0 Å². The zero-order valence-electron chi connectivity index (χ0n) is 17.9. The molecule has 2 heterocycles. The monoisotopic (exact) mass is 428 g/mol. The van der Waals surface area contributed by atoms with Gasteiger partial charge in [0.1, 0.15) is 28.7 Å². The average molecular weight is 428 g/mol. The Balaban J connectivity index is 1.57. The lowest BCUT2D eigenvalue weighted by Gasteiger charge is -2.42. The Kier molecular flexibility index (Phi) is 5.13. The zero-order chi connectivity index (χ0) is 22.5. The van der Waals surface area contributed by atoms with Crippen molar-refractivity contribution >= 4 is 11.9 Å². The minimum Gasteiger partial charge on any atom is -0.487 e. The van der Waals surface area contributed by atoms with Gasteiger partial charge in [-0.2, -0.15) is 0 Å². The second-order valence-corrected chi connectivity index (χ2v) is 8.87. The summed E-state index contributed by atoms with van der Waals surface area (Å²) in [5, 5.41) is 9.40. The molecule has 4 rings (SSSR count). The van der Waals surface area contributed by atoms with Crippen molar-refractivity contribution in [2.45, 2.75) is 31.9 Å². The fourth-order valence-corrected chi connectivity index (χ4v) is 3.84. The van der Waals surface area contributed by atoms with Crippen LogP contribution in [0.2, 0.25) is 0 Å². The van der Waals surface area contributed by atoms with Gasteiger partial charge < -0.3 is 24.4 Å². The highest BCUT2D eigenvalue weighted by atomic mass is 19.1. The number of nitrogens with zero attached hydrogens (tertiary/aromatic N) is 2. The van der Waals surface area contributed by atoms with Crippen molar-refractivity contribution in [3.63, 3.8) is 0 Å². The Morgan fingerprint density at radius 3 is 2.55 bits per heavy atom. The van der Waals surface area contributed by atoms with E-state index in [1.165, 1.54) is 24.3 Å². The van der Waals surface area contributed by atoms with E-state index in [4.69, 9.17) is 9.47 Å². The maximum atomic E-state index is 14.7. The highest BCUT2D eigenvalue weighted by Gasteiger charge is 2.35. The second kappa shape index (κ2) is 7.53. The first-order valence-electron chi connectivity index (χ1n) is 10.1. The highest BCUT2D eigenvalue weighted by molar-refractivity contribution is 5.95. The predicted molar refractivity (Wildman–Crippen MR) is 112 cm³/mol. The Morgan fingerprint density at radius 2 is 1.94 bits per heavy atom. The average Bonchev–Trinajstić information content (AvgIpc) is 2.94. The number of amides is 1. The zero-order valence-corrected chi connectivity index (χ0v) is 17.9. The summed E-state index contributed by atoms with van der Waals surface area (Å²) < 4.78 is 26.4. The van der Waals surface area contributed by atoms with Crippen molar-refractivity contribution in [3.8, 4) is 17.2 Å². The molecule has 2 aliphatic heterocycles. The summed E-state index contributed by atoms with van der Waals surface area (Å²) in [4.78, 5) is 27.7. The summed E-state index contributed by atoms with van der Waals surface area (Å²) in [6.07, 6.45) is 0.526. The van der Waals surface area contributed by atoms with E-state index in [1.807, 2.05) is 32.8 Å². The topological polar surface area (TPSA) is 79.3 Å². The Morgan fingerprint density at radius 1 is 1.23 bits per heavy atom. The van der Waals surface area contributed by atoms with Crippen molar-refractivity contribution in [2.24, 2.45) is 0 Å². The number of ether oxygens (including phenoxy) is 2. The third-order valence-corrected chi connectivity index (χ3v) is 5.68. The van der Waals surface area contributed by atoms with Gasteiger partial charge in [0, 0.05) is 37.2 Å². The number of carbonyl (C=O) groups is 2. The molecule has 2 aromatic carbocycles. The summed E-state index contributed by atoms with van der Waals surface area (Å²) in [7, 11) is 3.89. The molecule has 1 amide bonds. The summed E-state index contributed by atoms with van der Waals surface area (Å²) in [6, 6.07) is 7.22. The van der Waals surface area contributed by atoms with E-state index in [2.05, 4.69) is 0 Å². The highest BCUT2D eigenvalue weighted by Crippen LogP contribution is 2.43. The Hall–Kier alpha value is -3.13. The molecule has 2 aliphatic rings. The van der Waals surface area contributed by atoms with Crippen LogP contribution in [-0.4, -0.2) is 65.6 Å². The number of hydrogen-bond donors (Lipinski definition) is 1. The van der Waals surface area contributed by atoms with E-state index in [1.54, 1.807) is 4.90 Å². The number of likely N-dealkylation sites (tertiary alicyclic amines) is 1. The maximum Gasteiger partial charge on any atom is 0.335 e. The molecule has 0 unspecified atom stereocenters. The molecule has 8 heteroatoms. The van der Waals surface area contributed by atoms with Crippen LogP contribution in [0.4, 0.5) is 4.39 Å². The van der Waals surface area contributed by atoms with Gasteiger partial charge >= 0.3 is 5.97 Å². The number of carboxylic acid groups (broad SMARTS) is 1. The lowest BCUT2D eigenvalue weighted by molar-refractivity contribution is 0.0395. The number of halogens is 1. The molecule has 1 N–H and O–H groups in total. The molecule has 164 valence electrons. The first-order chi connectivity index (χ1) is 14.5. The van der Waals surface area contributed by atoms with Crippen molar-refractivity contribution in [2.75, 3.05) is 27.2 Å². The van der Waals surface area contributed by atoms with Gasteiger partial charge in [0.25, 0.3) is 5.91 Å². The number of carboxylic acids is 1. The SMILES string of the molecule is CN(C)C1CN(C(=O)c2ccc(Oc3cc(C(=O)O)cc4c3CC(C)(C)O4)cc2F)C1. The van der Waals surface area contributed by atoms with Crippen molar-refractivity contribution in [3.05, 3.63) is 52.8 Å². The summed E-state index contributed by atoms with van der Waals surface area (Å²) >= 11 is 0. The maximum absolute atomic E-state index is 14.7. The van der Waals surface area contributed by atoms with E-state index < -0.39 is 17.4 Å². The van der Waals surface area contributed by atoms with E-state index in [-0.39, 0.29) is 28.8 Å². The first kappa shape index (κ1) is 21.1. The fraction of sp³-hybridized carbons (Fsp3) is 0.391. The molecule has 7 nitrogen and oxygen atoms in total. The van der Waals surface area contributed by atoms with Crippen LogP contribution in [0.5, 0.6) is 17.2 Å². The standard InChI is InChI=1S/C23H25FN2O5/c1-23(2)10-17-19(7-13(22(28)29)8-20(17)31-23)30-15-5-6-16(18(24)9-15)21(27)26-11-14(12-26)25(3)4/h5-9,14H,10-12H2,1-4H3,(H,28,29). The van der Waals surface area contributed by atoms with Crippen LogP contribution >= 0.6 is 0 Å². The molecule has 0 atom stereocenters. The van der Waals surface area contributed by atoms with Crippen molar-refractivity contribution < 1.29 is 28.6 Å². The smallest absolute Gasteiger partial charge is 0.335 e.